The van der Waals surface area contributed by atoms with E-state index in [1.165, 1.54) is 25.0 Å². The highest BCUT2D eigenvalue weighted by Gasteiger charge is 2.16. The first kappa shape index (κ1) is 22.0. The SMILES string of the molecule is CC[C@@H](C)c1ccc2oc(-c3ccc(N=Cc4cc([N+](=O)[O-])cc(OC)c4O)cc3)nc2c1. The summed E-state index contributed by atoms with van der Waals surface area (Å²) in [6, 6.07) is 15.7. The fraction of sp³-hybridized carbons (Fsp3) is 0.200. The molecule has 4 rings (SSSR count). The van der Waals surface area contributed by atoms with E-state index in [2.05, 4.69) is 36.0 Å². The third kappa shape index (κ3) is 4.55. The fourth-order valence-electron chi connectivity index (χ4n) is 3.42. The Balaban J connectivity index is 1.59. The van der Waals surface area contributed by atoms with Crippen LogP contribution in [0.25, 0.3) is 22.6 Å². The molecule has 4 aromatic rings. The van der Waals surface area contributed by atoms with Crippen molar-refractivity contribution < 1.29 is 19.2 Å². The third-order valence-electron chi connectivity index (χ3n) is 5.58. The molecule has 1 heterocycles. The van der Waals surface area contributed by atoms with Gasteiger partial charge >= 0.3 is 0 Å². The van der Waals surface area contributed by atoms with Crippen molar-refractivity contribution in [1.29, 1.82) is 0 Å². The Morgan fingerprint density at radius 3 is 2.64 bits per heavy atom. The van der Waals surface area contributed by atoms with Gasteiger partial charge in [-0.15, -0.1) is 0 Å². The van der Waals surface area contributed by atoms with Crippen molar-refractivity contribution >= 4 is 28.7 Å². The Kier molecular flexibility index (Phi) is 6.08. The first-order chi connectivity index (χ1) is 15.9. The molecule has 0 aliphatic rings. The predicted octanol–water partition coefficient (Wildman–Crippen LogP) is 6.38. The first-order valence-corrected chi connectivity index (χ1v) is 10.5. The number of aromatic nitrogens is 1. The first-order valence-electron chi connectivity index (χ1n) is 10.5. The topological polar surface area (TPSA) is 111 Å². The Morgan fingerprint density at radius 2 is 1.97 bits per heavy atom. The van der Waals surface area contributed by atoms with Crippen LogP contribution in [0.15, 0.2) is 64.0 Å². The molecule has 0 saturated heterocycles. The summed E-state index contributed by atoms with van der Waals surface area (Å²) in [4.78, 5) is 19.5. The summed E-state index contributed by atoms with van der Waals surface area (Å²) in [7, 11) is 1.33. The minimum atomic E-state index is -0.555. The smallest absolute Gasteiger partial charge is 0.274 e. The number of hydrogen-bond donors (Lipinski definition) is 1. The average Bonchev–Trinajstić information content (AvgIpc) is 3.26. The van der Waals surface area contributed by atoms with Crippen LogP contribution in [0.1, 0.15) is 37.3 Å². The van der Waals surface area contributed by atoms with Crippen molar-refractivity contribution in [2.45, 2.75) is 26.2 Å². The summed E-state index contributed by atoms with van der Waals surface area (Å²) in [6.45, 7) is 4.34. The number of nitro benzene ring substituents is 1. The molecular weight excluding hydrogens is 422 g/mol. The molecule has 0 unspecified atom stereocenters. The van der Waals surface area contributed by atoms with Gasteiger partial charge in [-0.3, -0.25) is 15.1 Å². The van der Waals surface area contributed by atoms with Gasteiger partial charge in [0.05, 0.1) is 23.8 Å². The van der Waals surface area contributed by atoms with E-state index in [-0.39, 0.29) is 22.7 Å². The number of benzene rings is 3. The lowest BCUT2D eigenvalue weighted by molar-refractivity contribution is -0.385. The van der Waals surface area contributed by atoms with E-state index in [0.717, 1.165) is 29.2 Å². The second kappa shape index (κ2) is 9.12. The van der Waals surface area contributed by atoms with Crippen molar-refractivity contribution in [1.82, 2.24) is 4.98 Å². The van der Waals surface area contributed by atoms with Gasteiger partial charge in [0.2, 0.25) is 5.89 Å². The number of phenols is 1. The summed E-state index contributed by atoms with van der Waals surface area (Å²) < 4.78 is 10.9. The summed E-state index contributed by atoms with van der Waals surface area (Å²) >= 11 is 0. The lowest BCUT2D eigenvalue weighted by atomic mass is 9.98. The van der Waals surface area contributed by atoms with Gasteiger partial charge in [-0.25, -0.2) is 4.98 Å². The number of aliphatic imine (C=N–C) groups is 1. The van der Waals surface area contributed by atoms with E-state index in [0.29, 0.717) is 17.5 Å². The molecule has 1 N–H and O–H groups in total. The summed E-state index contributed by atoms with van der Waals surface area (Å²) in [6.07, 6.45) is 2.41. The Labute approximate surface area is 190 Å². The molecule has 0 amide bonds. The zero-order chi connectivity index (χ0) is 23.5. The molecule has 0 spiro atoms. The number of hydrogen-bond acceptors (Lipinski definition) is 7. The summed E-state index contributed by atoms with van der Waals surface area (Å²) in [5.74, 6) is 0.764. The van der Waals surface area contributed by atoms with Crippen molar-refractivity contribution in [2.75, 3.05) is 7.11 Å². The number of nitrogens with zero attached hydrogens (tertiary/aromatic N) is 3. The zero-order valence-corrected chi connectivity index (χ0v) is 18.5. The number of non-ortho nitro benzene ring substituents is 1. The van der Waals surface area contributed by atoms with Crippen molar-refractivity contribution in [2.24, 2.45) is 4.99 Å². The van der Waals surface area contributed by atoms with Crippen molar-refractivity contribution in [3.63, 3.8) is 0 Å². The molecule has 0 radical (unpaired) electrons. The van der Waals surface area contributed by atoms with Crippen LogP contribution in [0.4, 0.5) is 11.4 Å². The fourth-order valence-corrected chi connectivity index (χ4v) is 3.42. The maximum Gasteiger partial charge on any atom is 0.274 e. The highest BCUT2D eigenvalue weighted by molar-refractivity contribution is 5.88. The second-order valence-electron chi connectivity index (χ2n) is 7.70. The number of rotatable bonds is 7. The molecule has 1 atom stereocenters. The lowest BCUT2D eigenvalue weighted by Crippen LogP contribution is -1.94. The van der Waals surface area contributed by atoms with E-state index in [1.807, 2.05) is 18.2 Å². The van der Waals surface area contributed by atoms with Crippen LogP contribution >= 0.6 is 0 Å². The van der Waals surface area contributed by atoms with Gasteiger partial charge in [0.25, 0.3) is 5.69 Å². The van der Waals surface area contributed by atoms with Gasteiger partial charge < -0.3 is 14.3 Å². The molecule has 33 heavy (non-hydrogen) atoms. The quantitative estimate of drug-likeness (QED) is 0.201. The zero-order valence-electron chi connectivity index (χ0n) is 18.5. The molecule has 0 aliphatic carbocycles. The van der Waals surface area contributed by atoms with Crippen LogP contribution in [0, 0.1) is 10.1 Å². The maximum atomic E-state index is 11.1. The molecule has 1 aromatic heterocycles. The Hall–Kier alpha value is -4.20. The van der Waals surface area contributed by atoms with Gasteiger partial charge in [-0.05, 0) is 54.3 Å². The number of methoxy groups -OCH3 is 1. The Bertz CT molecular complexity index is 1340. The highest BCUT2D eigenvalue weighted by atomic mass is 16.6. The monoisotopic (exact) mass is 445 g/mol. The van der Waals surface area contributed by atoms with Crippen LogP contribution in [0.5, 0.6) is 11.5 Å². The maximum absolute atomic E-state index is 11.1. The third-order valence-corrected chi connectivity index (χ3v) is 5.58. The molecule has 0 fully saturated rings. The minimum Gasteiger partial charge on any atom is -0.504 e. The standard InChI is InChI=1S/C25H23N3O5/c1-4-15(2)17-7-10-22-21(12-17)27-25(33-22)16-5-8-19(9-6-16)26-14-18-11-20(28(30)31)13-23(32-3)24(18)29/h5-15,29H,4H2,1-3H3/t15-/m1/s1. The number of aromatic hydroxyl groups is 1. The number of oxazole rings is 1. The van der Waals surface area contributed by atoms with Crippen molar-refractivity contribution in [3.05, 3.63) is 75.8 Å². The second-order valence-corrected chi connectivity index (χ2v) is 7.70. The largest absolute Gasteiger partial charge is 0.504 e. The van der Waals surface area contributed by atoms with Crippen LogP contribution in [0.3, 0.4) is 0 Å². The highest BCUT2D eigenvalue weighted by Crippen LogP contribution is 2.34. The van der Waals surface area contributed by atoms with Crippen LogP contribution in [-0.2, 0) is 0 Å². The van der Waals surface area contributed by atoms with Crippen LogP contribution < -0.4 is 4.74 Å². The molecular formula is C25H23N3O5. The molecule has 168 valence electrons. The van der Waals surface area contributed by atoms with E-state index < -0.39 is 4.92 Å². The van der Waals surface area contributed by atoms with E-state index in [9.17, 15) is 15.2 Å². The van der Waals surface area contributed by atoms with E-state index >= 15 is 0 Å². The van der Waals surface area contributed by atoms with Crippen molar-refractivity contribution in [3.8, 4) is 23.0 Å². The van der Waals surface area contributed by atoms with E-state index in [1.54, 1.807) is 12.1 Å². The lowest BCUT2D eigenvalue weighted by Gasteiger charge is -2.07. The number of fused-ring (bicyclic) bond motifs is 1. The normalized spacial score (nSPS) is 12.3. The van der Waals surface area contributed by atoms with Crippen LogP contribution in [-0.4, -0.2) is 28.3 Å². The average molecular weight is 445 g/mol. The van der Waals surface area contributed by atoms with Gasteiger partial charge in [0.15, 0.2) is 17.1 Å². The predicted molar refractivity (Wildman–Crippen MR) is 127 cm³/mol. The van der Waals surface area contributed by atoms with Gasteiger partial charge in [0, 0.05) is 23.4 Å². The Morgan fingerprint density at radius 1 is 1.21 bits per heavy atom. The molecule has 0 saturated carbocycles. The van der Waals surface area contributed by atoms with Gasteiger partial charge in [0.1, 0.15) is 5.52 Å². The number of phenolic OH excluding ortho intramolecular Hbond substituents is 1. The molecule has 8 nitrogen and oxygen atoms in total. The molecule has 0 aliphatic heterocycles. The van der Waals surface area contributed by atoms with Crippen LogP contribution in [0.2, 0.25) is 0 Å². The minimum absolute atomic E-state index is 0.00782. The van der Waals surface area contributed by atoms with Gasteiger partial charge in [-0.1, -0.05) is 19.9 Å². The summed E-state index contributed by atoms with van der Waals surface area (Å²) in [5, 5.41) is 21.4. The van der Waals surface area contributed by atoms with Gasteiger partial charge in [-0.2, -0.15) is 0 Å². The number of nitro groups is 1. The van der Waals surface area contributed by atoms with E-state index in [4.69, 9.17) is 9.15 Å². The molecule has 8 heteroatoms. The molecule has 0 bridgehead atoms. The number of ether oxygens (including phenoxy) is 1. The summed E-state index contributed by atoms with van der Waals surface area (Å²) in [5.41, 5.74) is 4.16. The molecule has 3 aromatic carbocycles.